The third-order valence-corrected chi connectivity index (χ3v) is 6.13. The van der Waals surface area contributed by atoms with E-state index in [9.17, 15) is 4.79 Å². The fourth-order valence-corrected chi connectivity index (χ4v) is 3.86. The van der Waals surface area contributed by atoms with E-state index in [4.69, 9.17) is 21.1 Å². The zero-order valence-electron chi connectivity index (χ0n) is 16.8. The molecule has 28 heavy (non-hydrogen) atoms. The average molecular weight is 402 g/mol. The lowest BCUT2D eigenvalue weighted by Gasteiger charge is -2.38. The molecule has 1 saturated heterocycles. The number of hydrogen-bond donors (Lipinski definition) is 1. The van der Waals surface area contributed by atoms with Gasteiger partial charge in [-0.25, -0.2) is 0 Å². The van der Waals surface area contributed by atoms with Crippen LogP contribution in [-0.2, 0) is 14.9 Å². The predicted molar refractivity (Wildman–Crippen MR) is 112 cm³/mol. The molecule has 1 heterocycles. The molecule has 4 nitrogen and oxygen atoms in total. The first-order valence-corrected chi connectivity index (χ1v) is 10.1. The minimum atomic E-state index is -0.590. The highest BCUT2D eigenvalue weighted by Crippen LogP contribution is 2.34. The largest absolute Gasteiger partial charge is 0.481 e. The molecule has 1 N–H and O–H groups in total. The maximum Gasteiger partial charge on any atom is 0.260 e. The van der Waals surface area contributed by atoms with Crippen LogP contribution in [0, 0.1) is 13.8 Å². The third-order valence-electron chi connectivity index (χ3n) is 5.53. The predicted octanol–water partition coefficient (Wildman–Crippen LogP) is 4.59. The van der Waals surface area contributed by atoms with E-state index >= 15 is 0 Å². The lowest BCUT2D eigenvalue weighted by molar-refractivity contribution is -0.127. The number of hydrogen-bond acceptors (Lipinski definition) is 3. The van der Waals surface area contributed by atoms with E-state index in [1.807, 2.05) is 44.2 Å². The van der Waals surface area contributed by atoms with E-state index in [1.165, 1.54) is 5.56 Å². The van der Waals surface area contributed by atoms with E-state index in [2.05, 4.69) is 17.4 Å². The van der Waals surface area contributed by atoms with Crippen molar-refractivity contribution in [1.29, 1.82) is 0 Å². The Morgan fingerprint density at radius 3 is 2.39 bits per heavy atom. The van der Waals surface area contributed by atoms with Crippen LogP contribution in [0.5, 0.6) is 5.75 Å². The van der Waals surface area contributed by atoms with Crippen molar-refractivity contribution in [2.24, 2.45) is 0 Å². The Bertz CT molecular complexity index is 793. The number of halogens is 1. The normalized spacial score (nSPS) is 17.0. The number of nitrogens with one attached hydrogen (secondary N) is 1. The quantitative estimate of drug-likeness (QED) is 0.770. The summed E-state index contributed by atoms with van der Waals surface area (Å²) in [6.07, 6.45) is 1.19. The summed E-state index contributed by atoms with van der Waals surface area (Å²) in [7, 11) is 0. The number of rotatable bonds is 6. The van der Waals surface area contributed by atoms with Crippen LogP contribution >= 0.6 is 11.6 Å². The molecule has 5 heteroatoms. The molecule has 1 fully saturated rings. The molecule has 0 aromatic heterocycles. The van der Waals surface area contributed by atoms with Gasteiger partial charge in [-0.3, -0.25) is 4.79 Å². The van der Waals surface area contributed by atoms with Gasteiger partial charge in [0.25, 0.3) is 5.91 Å². The maximum absolute atomic E-state index is 12.7. The van der Waals surface area contributed by atoms with Crippen LogP contribution < -0.4 is 10.1 Å². The lowest BCUT2D eigenvalue weighted by atomic mass is 9.74. The van der Waals surface area contributed by atoms with Gasteiger partial charge in [0.2, 0.25) is 0 Å². The van der Waals surface area contributed by atoms with Crippen molar-refractivity contribution in [3.63, 3.8) is 0 Å². The molecule has 0 saturated carbocycles. The SMILES string of the molecule is Cc1cc(OC(C)C(=O)NCC2(c3ccccc3)CCOCC2)cc(C)c1Cl. The van der Waals surface area contributed by atoms with Crippen LogP contribution in [0.1, 0.15) is 36.5 Å². The second-order valence-corrected chi connectivity index (χ2v) is 7.99. The number of ether oxygens (including phenoxy) is 2. The second kappa shape index (κ2) is 8.97. The molecule has 0 spiro atoms. The Balaban J connectivity index is 1.66. The van der Waals surface area contributed by atoms with Crippen molar-refractivity contribution in [2.75, 3.05) is 19.8 Å². The summed E-state index contributed by atoms with van der Waals surface area (Å²) in [5.74, 6) is 0.540. The van der Waals surface area contributed by atoms with Crippen LogP contribution in [0.15, 0.2) is 42.5 Å². The monoisotopic (exact) mass is 401 g/mol. The molecule has 2 aromatic carbocycles. The molecule has 1 amide bonds. The Labute approximate surface area is 172 Å². The number of carbonyl (C=O) groups excluding carboxylic acids is 1. The van der Waals surface area contributed by atoms with Gasteiger partial charge >= 0.3 is 0 Å². The summed E-state index contributed by atoms with van der Waals surface area (Å²) >= 11 is 6.21. The van der Waals surface area contributed by atoms with E-state index in [0.29, 0.717) is 25.5 Å². The zero-order chi connectivity index (χ0) is 20.1. The molecule has 1 unspecified atom stereocenters. The van der Waals surface area contributed by atoms with E-state index in [0.717, 1.165) is 29.0 Å². The average Bonchev–Trinajstić information content (AvgIpc) is 2.71. The van der Waals surface area contributed by atoms with Crippen LogP contribution in [0.4, 0.5) is 0 Å². The van der Waals surface area contributed by atoms with Crippen molar-refractivity contribution < 1.29 is 14.3 Å². The molecule has 0 radical (unpaired) electrons. The van der Waals surface area contributed by atoms with Crippen molar-refractivity contribution in [3.8, 4) is 5.75 Å². The fourth-order valence-electron chi connectivity index (χ4n) is 3.75. The molecular weight excluding hydrogens is 374 g/mol. The lowest BCUT2D eigenvalue weighted by Crippen LogP contribution is -2.47. The van der Waals surface area contributed by atoms with Crippen LogP contribution in [0.3, 0.4) is 0 Å². The van der Waals surface area contributed by atoms with Crippen LogP contribution in [0.25, 0.3) is 0 Å². The molecule has 0 bridgehead atoms. The minimum absolute atomic E-state index is 0.0949. The van der Waals surface area contributed by atoms with Gasteiger partial charge in [-0.2, -0.15) is 0 Å². The molecule has 3 rings (SSSR count). The van der Waals surface area contributed by atoms with Gasteiger partial charge in [-0.05, 0) is 62.4 Å². The van der Waals surface area contributed by atoms with Crippen molar-refractivity contribution in [2.45, 2.75) is 45.1 Å². The Hall–Kier alpha value is -2.04. The molecule has 1 atom stereocenters. The summed E-state index contributed by atoms with van der Waals surface area (Å²) < 4.78 is 11.4. The topological polar surface area (TPSA) is 47.6 Å². The van der Waals surface area contributed by atoms with Crippen molar-refractivity contribution in [1.82, 2.24) is 5.32 Å². The smallest absolute Gasteiger partial charge is 0.260 e. The van der Waals surface area contributed by atoms with Crippen molar-refractivity contribution >= 4 is 17.5 Å². The van der Waals surface area contributed by atoms with Crippen molar-refractivity contribution in [3.05, 3.63) is 64.2 Å². The Kier molecular flexibility index (Phi) is 6.63. The number of benzene rings is 2. The molecular formula is C23H28ClNO3. The summed E-state index contributed by atoms with van der Waals surface area (Å²) in [4.78, 5) is 12.7. The van der Waals surface area contributed by atoms with Gasteiger partial charge in [-0.15, -0.1) is 0 Å². The summed E-state index contributed by atoms with van der Waals surface area (Å²) in [6, 6.07) is 14.1. The molecule has 1 aliphatic heterocycles. The van der Waals surface area contributed by atoms with E-state index in [-0.39, 0.29) is 11.3 Å². The summed E-state index contributed by atoms with van der Waals surface area (Å²) in [6.45, 7) is 7.63. The fraction of sp³-hybridized carbons (Fsp3) is 0.435. The highest BCUT2D eigenvalue weighted by Gasteiger charge is 2.35. The van der Waals surface area contributed by atoms with Gasteiger partial charge in [0.1, 0.15) is 5.75 Å². The minimum Gasteiger partial charge on any atom is -0.481 e. The maximum atomic E-state index is 12.7. The first kappa shape index (κ1) is 20.7. The zero-order valence-corrected chi connectivity index (χ0v) is 17.5. The first-order valence-electron chi connectivity index (χ1n) is 9.76. The van der Waals surface area contributed by atoms with Crippen LogP contribution in [0.2, 0.25) is 5.02 Å². The first-order chi connectivity index (χ1) is 13.4. The van der Waals surface area contributed by atoms with Gasteiger partial charge in [0, 0.05) is 30.2 Å². The highest BCUT2D eigenvalue weighted by molar-refractivity contribution is 6.32. The van der Waals surface area contributed by atoms with Crippen LogP contribution in [-0.4, -0.2) is 31.8 Å². The van der Waals surface area contributed by atoms with E-state index in [1.54, 1.807) is 6.92 Å². The van der Waals surface area contributed by atoms with Gasteiger partial charge in [-0.1, -0.05) is 41.9 Å². The number of carbonyl (C=O) groups is 1. The second-order valence-electron chi connectivity index (χ2n) is 7.61. The molecule has 1 aliphatic rings. The number of aryl methyl sites for hydroxylation is 2. The third kappa shape index (κ3) is 4.68. The van der Waals surface area contributed by atoms with E-state index < -0.39 is 6.10 Å². The van der Waals surface area contributed by atoms with Gasteiger partial charge in [0.15, 0.2) is 6.10 Å². The van der Waals surface area contributed by atoms with Gasteiger partial charge < -0.3 is 14.8 Å². The molecule has 2 aromatic rings. The molecule has 0 aliphatic carbocycles. The summed E-state index contributed by atoms with van der Waals surface area (Å²) in [5.41, 5.74) is 3.03. The standard InChI is InChI=1S/C23H28ClNO3/c1-16-13-20(14-17(2)21(16)24)28-18(3)22(26)25-15-23(9-11-27-12-10-23)19-7-5-4-6-8-19/h4-8,13-14,18H,9-12,15H2,1-3H3,(H,25,26). The summed E-state index contributed by atoms with van der Waals surface area (Å²) in [5, 5.41) is 3.84. The highest BCUT2D eigenvalue weighted by atomic mass is 35.5. The number of amides is 1. The Morgan fingerprint density at radius 2 is 1.79 bits per heavy atom. The Morgan fingerprint density at radius 1 is 1.18 bits per heavy atom. The van der Waals surface area contributed by atoms with Gasteiger partial charge in [0.05, 0.1) is 0 Å². The molecule has 150 valence electrons.